The van der Waals surface area contributed by atoms with Crippen molar-refractivity contribution in [2.24, 2.45) is 5.92 Å². The molecule has 2 aromatic rings. The van der Waals surface area contributed by atoms with Gasteiger partial charge in [0.2, 0.25) is 0 Å². The molecule has 2 N–H and O–H groups in total. The Balaban J connectivity index is 2.20. The van der Waals surface area contributed by atoms with E-state index < -0.39 is 0 Å². The van der Waals surface area contributed by atoms with E-state index >= 15 is 0 Å². The molecule has 0 spiro atoms. The van der Waals surface area contributed by atoms with Gasteiger partial charge in [0.15, 0.2) is 0 Å². The Labute approximate surface area is 118 Å². The van der Waals surface area contributed by atoms with Crippen LogP contribution in [0.15, 0.2) is 30.5 Å². The van der Waals surface area contributed by atoms with Crippen LogP contribution in [0.1, 0.15) is 19.4 Å². The van der Waals surface area contributed by atoms with Crippen molar-refractivity contribution in [1.29, 1.82) is 0 Å². The molecule has 0 fully saturated rings. The maximum Gasteiger partial charge on any atom is 0.0761 e. The minimum absolute atomic E-state index is 0.188. The van der Waals surface area contributed by atoms with Gasteiger partial charge in [0.25, 0.3) is 0 Å². The number of aromatic nitrogens is 1. The van der Waals surface area contributed by atoms with E-state index in [1.165, 1.54) is 0 Å². The molecule has 1 heterocycles. The summed E-state index contributed by atoms with van der Waals surface area (Å²) in [6, 6.07) is 8.03. The Morgan fingerprint density at radius 1 is 1.32 bits per heavy atom. The largest absolute Gasteiger partial charge is 0.396 e. The molecular weight excluding hydrogens is 260 g/mol. The Hall–Kier alpha value is -1.16. The first-order chi connectivity index (χ1) is 9.13. The lowest BCUT2D eigenvalue weighted by Gasteiger charge is -2.19. The third kappa shape index (κ3) is 3.24. The van der Waals surface area contributed by atoms with E-state index in [-0.39, 0.29) is 18.6 Å². The van der Waals surface area contributed by atoms with Gasteiger partial charge < -0.3 is 10.4 Å². The van der Waals surface area contributed by atoms with E-state index in [2.05, 4.69) is 17.2 Å². The average molecular weight is 279 g/mol. The van der Waals surface area contributed by atoms with Crippen LogP contribution >= 0.6 is 11.6 Å². The molecule has 102 valence electrons. The second kappa shape index (κ2) is 6.33. The second-order valence-corrected chi connectivity index (χ2v) is 5.34. The Bertz CT molecular complexity index is 559. The summed E-state index contributed by atoms with van der Waals surface area (Å²) in [5, 5.41) is 14.3. The van der Waals surface area contributed by atoms with Crippen LogP contribution in [0.2, 0.25) is 5.02 Å². The second-order valence-electron chi connectivity index (χ2n) is 4.94. The topological polar surface area (TPSA) is 45.1 Å². The number of aliphatic hydroxyl groups is 1. The molecule has 0 aliphatic rings. The number of hydrogen-bond donors (Lipinski definition) is 2. The molecule has 19 heavy (non-hydrogen) atoms. The molecule has 0 bridgehead atoms. The maximum atomic E-state index is 9.14. The first kappa shape index (κ1) is 14.3. The van der Waals surface area contributed by atoms with Crippen molar-refractivity contribution in [3.63, 3.8) is 0 Å². The van der Waals surface area contributed by atoms with Crippen molar-refractivity contribution < 1.29 is 5.11 Å². The highest BCUT2D eigenvalue weighted by molar-refractivity contribution is 6.35. The van der Waals surface area contributed by atoms with Crippen LogP contribution in [-0.2, 0) is 6.54 Å². The molecule has 0 amide bonds. The van der Waals surface area contributed by atoms with Gasteiger partial charge in [0.1, 0.15) is 0 Å². The molecule has 2 unspecified atom stereocenters. The van der Waals surface area contributed by atoms with E-state index in [9.17, 15) is 0 Å². The number of nitrogens with zero attached hydrogens (tertiary/aromatic N) is 1. The fourth-order valence-electron chi connectivity index (χ4n) is 1.97. The highest BCUT2D eigenvalue weighted by Gasteiger charge is 2.11. The molecule has 4 heteroatoms. The van der Waals surface area contributed by atoms with Crippen LogP contribution < -0.4 is 5.32 Å². The zero-order valence-corrected chi connectivity index (χ0v) is 12.0. The summed E-state index contributed by atoms with van der Waals surface area (Å²) in [5.74, 6) is 0.228. The number of fused-ring (bicyclic) bond motifs is 1. The molecule has 0 aliphatic carbocycles. The number of hydrogen-bond acceptors (Lipinski definition) is 3. The molecule has 2 rings (SSSR count). The lowest BCUT2D eigenvalue weighted by atomic mass is 10.0. The smallest absolute Gasteiger partial charge is 0.0761 e. The van der Waals surface area contributed by atoms with Crippen LogP contribution in [0, 0.1) is 5.92 Å². The van der Waals surface area contributed by atoms with Crippen molar-refractivity contribution >= 4 is 22.5 Å². The summed E-state index contributed by atoms with van der Waals surface area (Å²) in [5.41, 5.74) is 2.06. The Morgan fingerprint density at radius 3 is 2.84 bits per heavy atom. The van der Waals surface area contributed by atoms with Gasteiger partial charge in [-0.3, -0.25) is 4.98 Å². The minimum Gasteiger partial charge on any atom is -0.396 e. The number of rotatable bonds is 5. The molecule has 3 nitrogen and oxygen atoms in total. The molecule has 0 aliphatic heterocycles. The Kier molecular flexibility index (Phi) is 4.75. The lowest BCUT2D eigenvalue weighted by Crippen LogP contribution is -2.33. The van der Waals surface area contributed by atoms with Gasteiger partial charge in [-0.15, -0.1) is 0 Å². The number of aliphatic hydroxyl groups excluding tert-OH is 1. The van der Waals surface area contributed by atoms with Crippen LogP contribution in [0.5, 0.6) is 0 Å². The van der Waals surface area contributed by atoms with Crippen molar-refractivity contribution in [3.8, 4) is 0 Å². The predicted octanol–water partition coefficient (Wildman–Crippen LogP) is 2.99. The van der Waals surface area contributed by atoms with Crippen LogP contribution in [0.3, 0.4) is 0 Å². The van der Waals surface area contributed by atoms with Crippen LogP contribution in [-0.4, -0.2) is 22.7 Å². The highest BCUT2D eigenvalue weighted by Crippen LogP contribution is 2.24. The monoisotopic (exact) mass is 278 g/mol. The summed E-state index contributed by atoms with van der Waals surface area (Å²) >= 11 is 6.17. The normalized spacial score (nSPS) is 14.5. The molecule has 0 radical (unpaired) electrons. The average Bonchev–Trinajstić information content (AvgIpc) is 2.45. The van der Waals surface area contributed by atoms with Gasteiger partial charge in [0, 0.05) is 35.8 Å². The zero-order chi connectivity index (χ0) is 13.8. The van der Waals surface area contributed by atoms with Crippen molar-refractivity contribution in [3.05, 3.63) is 41.0 Å². The first-order valence-electron chi connectivity index (χ1n) is 6.50. The fourth-order valence-corrected chi connectivity index (χ4v) is 2.18. The van der Waals surface area contributed by atoms with Gasteiger partial charge in [-0.05, 0) is 36.6 Å². The number of halogens is 1. The summed E-state index contributed by atoms with van der Waals surface area (Å²) in [7, 11) is 0. The van der Waals surface area contributed by atoms with Crippen molar-refractivity contribution in [2.45, 2.75) is 26.4 Å². The quantitative estimate of drug-likeness (QED) is 0.884. The SMILES string of the molecule is CC(CO)C(C)NCc1ccc(Cl)c2cccnc12. The van der Waals surface area contributed by atoms with Gasteiger partial charge in [-0.1, -0.05) is 24.6 Å². The van der Waals surface area contributed by atoms with Crippen molar-refractivity contribution in [1.82, 2.24) is 10.3 Å². The maximum absolute atomic E-state index is 9.14. The van der Waals surface area contributed by atoms with E-state index in [1.807, 2.05) is 31.2 Å². The number of nitrogens with one attached hydrogen (secondary N) is 1. The molecule has 1 aromatic carbocycles. The predicted molar refractivity (Wildman–Crippen MR) is 79.3 cm³/mol. The van der Waals surface area contributed by atoms with Crippen molar-refractivity contribution in [2.75, 3.05) is 6.61 Å². The van der Waals surface area contributed by atoms with Gasteiger partial charge in [-0.25, -0.2) is 0 Å². The van der Waals surface area contributed by atoms with Crippen LogP contribution in [0.25, 0.3) is 10.9 Å². The van der Waals surface area contributed by atoms with E-state index in [4.69, 9.17) is 16.7 Å². The third-order valence-electron chi connectivity index (χ3n) is 3.56. The Morgan fingerprint density at radius 2 is 2.11 bits per heavy atom. The zero-order valence-electron chi connectivity index (χ0n) is 11.2. The van der Waals surface area contributed by atoms with Gasteiger partial charge >= 0.3 is 0 Å². The molecule has 2 atom stereocenters. The fraction of sp³-hybridized carbons (Fsp3) is 0.400. The molecule has 1 aromatic heterocycles. The molecule has 0 saturated carbocycles. The van der Waals surface area contributed by atoms with E-state index in [1.54, 1.807) is 6.20 Å². The lowest BCUT2D eigenvalue weighted by molar-refractivity contribution is 0.207. The minimum atomic E-state index is 0.188. The third-order valence-corrected chi connectivity index (χ3v) is 3.89. The van der Waals surface area contributed by atoms with Gasteiger partial charge in [0.05, 0.1) is 5.52 Å². The van der Waals surface area contributed by atoms with Crippen LogP contribution in [0.4, 0.5) is 0 Å². The number of benzene rings is 1. The summed E-state index contributed by atoms with van der Waals surface area (Å²) in [6.45, 7) is 5.01. The van der Waals surface area contributed by atoms with E-state index in [0.29, 0.717) is 0 Å². The van der Waals surface area contributed by atoms with Gasteiger partial charge in [-0.2, -0.15) is 0 Å². The molecule has 0 saturated heterocycles. The summed E-state index contributed by atoms with van der Waals surface area (Å²) < 4.78 is 0. The summed E-state index contributed by atoms with van der Waals surface area (Å²) in [6.07, 6.45) is 1.78. The standard InChI is InChI=1S/C15H19ClN2O/c1-10(9-19)11(2)18-8-12-5-6-14(16)13-4-3-7-17-15(12)13/h3-7,10-11,18-19H,8-9H2,1-2H3. The highest BCUT2D eigenvalue weighted by atomic mass is 35.5. The summed E-state index contributed by atoms with van der Waals surface area (Å²) in [4.78, 5) is 4.41. The first-order valence-corrected chi connectivity index (χ1v) is 6.87. The van der Waals surface area contributed by atoms with E-state index in [0.717, 1.165) is 28.0 Å². The number of pyridine rings is 1. The molecular formula is C15H19ClN2O.